The number of hydrogen-bond acceptors (Lipinski definition) is 4. The molecule has 2 bridgehead atoms. The highest BCUT2D eigenvalue weighted by molar-refractivity contribution is 5.79. The van der Waals surface area contributed by atoms with Crippen molar-refractivity contribution in [2.45, 2.75) is 51.7 Å². The van der Waals surface area contributed by atoms with Crippen LogP contribution in [0.15, 0.2) is 48.5 Å². The van der Waals surface area contributed by atoms with Crippen molar-refractivity contribution in [2.75, 3.05) is 13.7 Å². The molecule has 1 heterocycles. The van der Waals surface area contributed by atoms with E-state index in [1.165, 1.54) is 0 Å². The molecule has 5 rings (SSSR count). The van der Waals surface area contributed by atoms with Crippen molar-refractivity contribution in [1.82, 2.24) is 5.32 Å². The fourth-order valence-corrected chi connectivity index (χ4v) is 6.99. The van der Waals surface area contributed by atoms with Gasteiger partial charge in [-0.1, -0.05) is 50.2 Å². The number of aromatic hydroxyl groups is 1. The Morgan fingerprint density at radius 1 is 1.22 bits per heavy atom. The zero-order valence-corrected chi connectivity index (χ0v) is 19.1. The van der Waals surface area contributed by atoms with E-state index in [1.54, 1.807) is 13.2 Å². The predicted octanol–water partition coefficient (Wildman–Crippen LogP) is 4.64. The summed E-state index contributed by atoms with van der Waals surface area (Å²) in [6.45, 7) is 5.31. The second kappa shape index (κ2) is 7.80. The van der Waals surface area contributed by atoms with Crippen molar-refractivity contribution in [3.63, 3.8) is 0 Å². The van der Waals surface area contributed by atoms with Gasteiger partial charge in [-0.05, 0) is 65.2 Å². The summed E-state index contributed by atoms with van der Waals surface area (Å²) in [7, 11) is 1.56. The maximum atomic E-state index is 13.1. The predicted molar refractivity (Wildman–Crippen MR) is 122 cm³/mol. The third-order valence-electron chi connectivity index (χ3n) is 8.55. The Hall–Kier alpha value is -2.53. The van der Waals surface area contributed by atoms with Crippen LogP contribution in [-0.4, -0.2) is 30.8 Å². The standard InChI is InChI=1S/C27H33NO4/c1-26(2)19-15-20-24(18-9-10-22(31-3)21(29)14-18)32-12-11-27(20,16-19)25(26)28-23(30)13-17-7-5-4-6-8-17/h4-10,14,19-20,24-25,29H,11-13,15-16H2,1-3H3,(H,28,30)/t19-,20-,24-,25-,27?/m1/s1. The highest BCUT2D eigenvalue weighted by Gasteiger charge is 2.68. The summed E-state index contributed by atoms with van der Waals surface area (Å²) in [5, 5.41) is 13.8. The number of nitrogens with one attached hydrogen (secondary N) is 1. The van der Waals surface area contributed by atoms with Gasteiger partial charge < -0.3 is 19.9 Å². The lowest BCUT2D eigenvalue weighted by atomic mass is 9.59. The Morgan fingerprint density at radius 2 is 2.00 bits per heavy atom. The van der Waals surface area contributed by atoms with Crippen LogP contribution in [0.3, 0.4) is 0 Å². The van der Waals surface area contributed by atoms with Gasteiger partial charge in [0.1, 0.15) is 0 Å². The number of fused-ring (bicyclic) bond motifs is 1. The van der Waals surface area contributed by atoms with Crippen LogP contribution in [-0.2, 0) is 16.0 Å². The Balaban J connectivity index is 1.42. The van der Waals surface area contributed by atoms with Crippen molar-refractivity contribution in [3.8, 4) is 11.5 Å². The molecule has 1 amide bonds. The van der Waals surface area contributed by atoms with Gasteiger partial charge in [0.2, 0.25) is 5.91 Å². The fourth-order valence-electron chi connectivity index (χ4n) is 6.99. The van der Waals surface area contributed by atoms with Crippen LogP contribution in [0.25, 0.3) is 0 Å². The highest BCUT2D eigenvalue weighted by atomic mass is 16.5. The minimum atomic E-state index is -0.0739. The molecule has 2 aliphatic carbocycles. The Labute approximate surface area is 190 Å². The molecule has 1 aliphatic heterocycles. The number of phenols is 1. The van der Waals surface area contributed by atoms with Crippen molar-refractivity contribution in [2.24, 2.45) is 22.7 Å². The summed E-state index contributed by atoms with van der Waals surface area (Å²) in [5.74, 6) is 1.58. The third kappa shape index (κ3) is 3.29. The molecule has 3 fully saturated rings. The van der Waals surface area contributed by atoms with E-state index in [1.807, 2.05) is 42.5 Å². The van der Waals surface area contributed by atoms with E-state index < -0.39 is 0 Å². The van der Waals surface area contributed by atoms with E-state index in [0.717, 1.165) is 30.4 Å². The molecule has 2 aromatic carbocycles. The number of carbonyl (C=O) groups excluding carboxylic acids is 1. The quantitative estimate of drug-likeness (QED) is 0.718. The van der Waals surface area contributed by atoms with Gasteiger partial charge in [0.25, 0.3) is 0 Å². The number of phenolic OH excluding ortho intramolecular Hbond substituents is 1. The number of benzene rings is 2. The number of rotatable bonds is 5. The first-order valence-corrected chi connectivity index (χ1v) is 11.7. The lowest BCUT2D eigenvalue weighted by Gasteiger charge is -2.53. The van der Waals surface area contributed by atoms with Crippen LogP contribution in [0.1, 0.15) is 50.3 Å². The van der Waals surface area contributed by atoms with E-state index >= 15 is 0 Å². The minimum absolute atomic E-state index is 0.0268. The third-order valence-corrected chi connectivity index (χ3v) is 8.55. The average Bonchev–Trinajstić information content (AvgIpc) is 3.27. The first kappa shape index (κ1) is 21.3. The van der Waals surface area contributed by atoms with Crippen LogP contribution in [0.2, 0.25) is 0 Å². The van der Waals surface area contributed by atoms with Gasteiger partial charge in [0.05, 0.1) is 19.6 Å². The van der Waals surface area contributed by atoms with E-state index in [-0.39, 0.29) is 34.6 Å². The van der Waals surface area contributed by atoms with Crippen LogP contribution >= 0.6 is 0 Å². The molecule has 0 aromatic heterocycles. The Morgan fingerprint density at radius 3 is 2.72 bits per heavy atom. The number of hydrogen-bond donors (Lipinski definition) is 2. The van der Waals surface area contributed by atoms with Gasteiger partial charge in [-0.2, -0.15) is 0 Å². The molecule has 1 spiro atoms. The van der Waals surface area contributed by atoms with Crippen molar-refractivity contribution in [3.05, 3.63) is 59.7 Å². The first-order chi connectivity index (χ1) is 15.3. The van der Waals surface area contributed by atoms with Crippen molar-refractivity contribution >= 4 is 5.91 Å². The summed E-state index contributed by atoms with van der Waals surface area (Å²) in [4.78, 5) is 13.1. The summed E-state index contributed by atoms with van der Waals surface area (Å²) in [5.41, 5.74) is 2.11. The molecular formula is C27H33NO4. The topological polar surface area (TPSA) is 67.8 Å². The lowest BCUT2D eigenvalue weighted by Crippen LogP contribution is -2.59. The molecule has 1 unspecified atom stereocenters. The second-order valence-corrected chi connectivity index (χ2v) is 10.4. The number of carbonyl (C=O) groups is 1. The van der Waals surface area contributed by atoms with Crippen LogP contribution < -0.4 is 10.1 Å². The van der Waals surface area contributed by atoms with Crippen LogP contribution in [0.5, 0.6) is 11.5 Å². The molecule has 0 radical (unpaired) electrons. The molecule has 5 heteroatoms. The molecule has 5 atom stereocenters. The Kier molecular flexibility index (Phi) is 5.20. The molecule has 1 saturated heterocycles. The average molecular weight is 436 g/mol. The zero-order chi connectivity index (χ0) is 22.5. The smallest absolute Gasteiger partial charge is 0.224 e. The SMILES string of the molecule is COc1ccc([C@H]2OCCC34C[C@@H](C[C@H]23)C(C)(C)[C@H]4NC(=O)Cc2ccccc2)cc1O. The minimum Gasteiger partial charge on any atom is -0.504 e. The molecule has 5 nitrogen and oxygen atoms in total. The van der Waals surface area contributed by atoms with Crippen LogP contribution in [0, 0.1) is 22.7 Å². The molecule has 32 heavy (non-hydrogen) atoms. The van der Waals surface area contributed by atoms with Gasteiger partial charge in [0, 0.05) is 12.6 Å². The summed E-state index contributed by atoms with van der Waals surface area (Å²) in [6, 6.07) is 15.7. The van der Waals surface area contributed by atoms with Gasteiger partial charge in [-0.15, -0.1) is 0 Å². The van der Waals surface area contributed by atoms with Crippen molar-refractivity contribution < 1.29 is 19.4 Å². The summed E-state index contributed by atoms with van der Waals surface area (Å²) in [6.07, 6.45) is 3.52. The molecule has 2 aromatic rings. The fraction of sp³-hybridized carbons (Fsp3) is 0.519. The zero-order valence-electron chi connectivity index (χ0n) is 19.1. The first-order valence-electron chi connectivity index (χ1n) is 11.7. The molecular weight excluding hydrogens is 402 g/mol. The maximum Gasteiger partial charge on any atom is 0.224 e. The molecule has 3 aliphatic rings. The molecule has 2 saturated carbocycles. The molecule has 170 valence electrons. The monoisotopic (exact) mass is 435 g/mol. The second-order valence-electron chi connectivity index (χ2n) is 10.4. The van der Waals surface area contributed by atoms with E-state index in [9.17, 15) is 9.90 Å². The van der Waals surface area contributed by atoms with Gasteiger partial charge >= 0.3 is 0 Å². The normalized spacial score (nSPS) is 32.3. The highest BCUT2D eigenvalue weighted by Crippen LogP contribution is 2.70. The lowest BCUT2D eigenvalue weighted by molar-refractivity contribution is -0.136. The van der Waals surface area contributed by atoms with Gasteiger partial charge in [-0.25, -0.2) is 0 Å². The number of methoxy groups -OCH3 is 1. The number of ether oxygens (including phenoxy) is 2. The number of amides is 1. The van der Waals surface area contributed by atoms with E-state index in [2.05, 4.69) is 19.2 Å². The van der Waals surface area contributed by atoms with E-state index in [0.29, 0.717) is 30.6 Å². The molecule has 2 N–H and O–H groups in total. The van der Waals surface area contributed by atoms with Gasteiger partial charge in [-0.3, -0.25) is 4.79 Å². The van der Waals surface area contributed by atoms with Crippen molar-refractivity contribution in [1.29, 1.82) is 0 Å². The summed E-state index contributed by atoms with van der Waals surface area (Å²) < 4.78 is 11.5. The van der Waals surface area contributed by atoms with Crippen LogP contribution in [0.4, 0.5) is 0 Å². The maximum absolute atomic E-state index is 13.1. The van der Waals surface area contributed by atoms with E-state index in [4.69, 9.17) is 9.47 Å². The summed E-state index contributed by atoms with van der Waals surface area (Å²) >= 11 is 0. The largest absolute Gasteiger partial charge is 0.504 e. The Bertz CT molecular complexity index is 1000. The van der Waals surface area contributed by atoms with Gasteiger partial charge in [0.15, 0.2) is 11.5 Å².